The van der Waals surface area contributed by atoms with E-state index in [0.29, 0.717) is 15.1 Å². The highest BCUT2D eigenvalue weighted by atomic mass is 16.7. The van der Waals surface area contributed by atoms with E-state index in [4.69, 9.17) is 5.21 Å². The fourth-order valence-electron chi connectivity index (χ4n) is 1.06. The van der Waals surface area contributed by atoms with Gasteiger partial charge in [0.05, 0.1) is 0 Å². The molecule has 1 aliphatic rings. The number of rotatable bonds is 2. The molecule has 0 aliphatic carbocycles. The van der Waals surface area contributed by atoms with Crippen LogP contribution in [0, 0.1) is 20.2 Å². The Balaban J connectivity index is 2.62. The molecule has 0 spiro atoms. The van der Waals surface area contributed by atoms with Gasteiger partial charge in [-0.25, -0.2) is 20.2 Å². The molecule has 10 heteroatoms. The van der Waals surface area contributed by atoms with Crippen molar-refractivity contribution in [2.24, 2.45) is 0 Å². The first-order chi connectivity index (χ1) is 6.50. The zero-order chi connectivity index (χ0) is 10.7. The third-order valence-corrected chi connectivity index (χ3v) is 1.73. The molecular formula is C4H9N5O5. The third kappa shape index (κ3) is 2.40. The van der Waals surface area contributed by atoms with Gasteiger partial charge in [-0.2, -0.15) is 0 Å². The molecule has 1 rings (SSSR count). The van der Waals surface area contributed by atoms with E-state index in [1.807, 2.05) is 0 Å². The number of nitrogens with zero attached hydrogens (tertiary/aromatic N) is 5. The summed E-state index contributed by atoms with van der Waals surface area (Å²) in [5, 5.41) is 30.2. The first-order valence-corrected chi connectivity index (χ1v) is 3.73. The Morgan fingerprint density at radius 2 is 1.36 bits per heavy atom. The molecule has 0 bridgehead atoms. The van der Waals surface area contributed by atoms with Crippen molar-refractivity contribution in [1.29, 1.82) is 0 Å². The van der Waals surface area contributed by atoms with Crippen LogP contribution in [-0.2, 0) is 0 Å². The highest BCUT2D eigenvalue weighted by Crippen LogP contribution is 2.02. The molecule has 0 amide bonds. The van der Waals surface area contributed by atoms with Crippen LogP contribution in [0.1, 0.15) is 0 Å². The van der Waals surface area contributed by atoms with E-state index in [2.05, 4.69) is 0 Å². The molecule has 80 valence electrons. The van der Waals surface area contributed by atoms with Crippen LogP contribution < -0.4 is 0 Å². The summed E-state index contributed by atoms with van der Waals surface area (Å²) in [6.45, 7) is -0.912. The highest BCUT2D eigenvalue weighted by molar-refractivity contribution is 4.53. The van der Waals surface area contributed by atoms with E-state index >= 15 is 0 Å². The Morgan fingerprint density at radius 3 is 1.64 bits per heavy atom. The van der Waals surface area contributed by atoms with Crippen molar-refractivity contribution in [1.82, 2.24) is 15.1 Å². The van der Waals surface area contributed by atoms with E-state index in [1.54, 1.807) is 0 Å². The van der Waals surface area contributed by atoms with Crippen molar-refractivity contribution >= 4 is 0 Å². The molecule has 1 N–H and O–H groups in total. The monoisotopic (exact) mass is 207 g/mol. The van der Waals surface area contributed by atoms with Crippen LogP contribution in [-0.4, -0.2) is 56.8 Å². The molecule has 1 aliphatic heterocycles. The summed E-state index contributed by atoms with van der Waals surface area (Å²) in [5.74, 6) is 0. The van der Waals surface area contributed by atoms with Gasteiger partial charge >= 0.3 is 0 Å². The van der Waals surface area contributed by atoms with Gasteiger partial charge in [0.15, 0.2) is 23.4 Å². The molecule has 1 heterocycles. The lowest BCUT2D eigenvalue weighted by Crippen LogP contribution is -2.39. The molecule has 10 nitrogen and oxygen atoms in total. The van der Waals surface area contributed by atoms with E-state index in [1.165, 1.54) is 0 Å². The van der Waals surface area contributed by atoms with Crippen LogP contribution in [0.3, 0.4) is 0 Å². The summed E-state index contributed by atoms with van der Waals surface area (Å²) in [6.07, 6.45) is 0. The van der Waals surface area contributed by atoms with Crippen LogP contribution in [0.15, 0.2) is 0 Å². The molecule has 0 atom stereocenters. The largest absolute Gasteiger partial charge is 0.310 e. The molecule has 0 saturated carbocycles. The van der Waals surface area contributed by atoms with Crippen molar-refractivity contribution in [2.75, 3.05) is 26.4 Å². The van der Waals surface area contributed by atoms with Crippen LogP contribution >= 0.6 is 0 Å². The van der Waals surface area contributed by atoms with Crippen molar-refractivity contribution in [3.63, 3.8) is 0 Å². The number of hydrogen-bond donors (Lipinski definition) is 1. The summed E-state index contributed by atoms with van der Waals surface area (Å²) in [6, 6.07) is 0. The fraction of sp³-hybridized carbons (Fsp3) is 1.00. The van der Waals surface area contributed by atoms with Crippen LogP contribution in [0.25, 0.3) is 0 Å². The molecule has 1 saturated heterocycles. The maximum absolute atomic E-state index is 10.3. The average Bonchev–Trinajstić information content (AvgIpc) is 2.26. The van der Waals surface area contributed by atoms with E-state index in [-0.39, 0.29) is 26.4 Å². The van der Waals surface area contributed by atoms with E-state index in [0.717, 1.165) is 0 Å². The molecule has 0 unspecified atom stereocenters. The van der Waals surface area contributed by atoms with Gasteiger partial charge in [0.2, 0.25) is 0 Å². The lowest BCUT2D eigenvalue weighted by atomic mass is 10.6. The first-order valence-electron chi connectivity index (χ1n) is 3.73. The molecule has 14 heavy (non-hydrogen) atoms. The summed E-state index contributed by atoms with van der Waals surface area (Å²) < 4.78 is 0. The smallest absolute Gasteiger partial charge is 0.161 e. The lowest BCUT2D eigenvalue weighted by molar-refractivity contribution is -0.666. The predicted octanol–water partition coefficient (Wildman–Crippen LogP) is -1.41. The maximum atomic E-state index is 10.3. The van der Waals surface area contributed by atoms with Gasteiger partial charge < -0.3 is 5.21 Å². The molecular weight excluding hydrogens is 198 g/mol. The lowest BCUT2D eigenvalue weighted by Gasteiger charge is -2.15. The Kier molecular flexibility index (Phi) is 2.99. The minimum Gasteiger partial charge on any atom is -0.310 e. The molecule has 0 aromatic heterocycles. The Bertz CT molecular complexity index is 222. The van der Waals surface area contributed by atoms with Gasteiger partial charge in [-0.3, -0.25) is 0 Å². The van der Waals surface area contributed by atoms with Gasteiger partial charge in [0.1, 0.15) is 13.1 Å². The number of nitro groups is 2. The fourth-order valence-corrected chi connectivity index (χ4v) is 1.06. The summed E-state index contributed by atoms with van der Waals surface area (Å²) in [5.41, 5.74) is 0. The number of hydrogen-bond acceptors (Lipinski definition) is 6. The van der Waals surface area contributed by atoms with Gasteiger partial charge in [0, 0.05) is 0 Å². The van der Waals surface area contributed by atoms with Crippen LogP contribution in [0.5, 0.6) is 0 Å². The van der Waals surface area contributed by atoms with Gasteiger partial charge in [-0.15, -0.1) is 15.1 Å². The maximum Gasteiger partial charge on any atom is 0.161 e. The summed E-state index contributed by atoms with van der Waals surface area (Å²) in [4.78, 5) is 20.7. The second kappa shape index (κ2) is 4.02. The standard InChI is InChI=1S/C4H9N5O5/c10-7-3-5(8(11)12)1-2-6(4-7)9(13)14/h10H,1-4H2. The van der Waals surface area contributed by atoms with E-state index in [9.17, 15) is 20.2 Å². The quantitative estimate of drug-likeness (QED) is 0.433. The second-order valence-corrected chi connectivity index (χ2v) is 2.73. The predicted molar refractivity (Wildman–Crippen MR) is 40.8 cm³/mol. The van der Waals surface area contributed by atoms with Crippen molar-refractivity contribution in [2.45, 2.75) is 0 Å². The minimum atomic E-state index is -0.702. The number of hydrazine groups is 2. The Labute approximate surface area is 78.1 Å². The summed E-state index contributed by atoms with van der Waals surface area (Å²) in [7, 11) is 0. The zero-order valence-electron chi connectivity index (χ0n) is 7.14. The van der Waals surface area contributed by atoms with Gasteiger partial charge in [-0.05, 0) is 0 Å². The summed E-state index contributed by atoms with van der Waals surface area (Å²) >= 11 is 0. The highest BCUT2D eigenvalue weighted by Gasteiger charge is 2.29. The number of hydroxylamine groups is 2. The van der Waals surface area contributed by atoms with E-state index < -0.39 is 10.1 Å². The Hall–Kier alpha value is -1.68. The second-order valence-electron chi connectivity index (χ2n) is 2.73. The Morgan fingerprint density at radius 1 is 1.00 bits per heavy atom. The van der Waals surface area contributed by atoms with Crippen LogP contribution in [0.2, 0.25) is 0 Å². The van der Waals surface area contributed by atoms with Crippen molar-refractivity contribution in [3.8, 4) is 0 Å². The zero-order valence-corrected chi connectivity index (χ0v) is 7.14. The van der Waals surface area contributed by atoms with Crippen molar-refractivity contribution in [3.05, 3.63) is 20.2 Å². The third-order valence-electron chi connectivity index (χ3n) is 1.73. The van der Waals surface area contributed by atoms with Crippen molar-refractivity contribution < 1.29 is 15.3 Å². The normalized spacial score (nSPS) is 19.2. The minimum absolute atomic E-state index is 0.106. The first kappa shape index (κ1) is 10.4. The average molecular weight is 207 g/mol. The van der Waals surface area contributed by atoms with Gasteiger partial charge in [-0.1, -0.05) is 0 Å². The molecule has 1 fully saturated rings. The van der Waals surface area contributed by atoms with Crippen LogP contribution in [0.4, 0.5) is 0 Å². The SMILES string of the molecule is O=[N+]([O-])N1CCN([N+](=O)[O-])CN(O)C1. The van der Waals surface area contributed by atoms with Gasteiger partial charge in [0.25, 0.3) is 0 Å². The topological polar surface area (TPSA) is 116 Å². The molecule has 0 aromatic rings. The molecule has 0 aromatic carbocycles. The molecule has 0 radical (unpaired) electrons.